The molecule has 0 aliphatic carbocycles. The van der Waals surface area contributed by atoms with Crippen molar-refractivity contribution in [3.8, 4) is 0 Å². The highest BCUT2D eigenvalue weighted by Crippen LogP contribution is 2.27. The van der Waals surface area contributed by atoms with Gasteiger partial charge in [0.05, 0.1) is 5.92 Å². The Labute approximate surface area is 178 Å². The largest absolute Gasteiger partial charge is 0.370 e. The highest BCUT2D eigenvalue weighted by Gasteiger charge is 2.34. The molecule has 1 fully saturated rings. The van der Waals surface area contributed by atoms with Crippen LogP contribution in [0.5, 0.6) is 0 Å². The highest BCUT2D eigenvalue weighted by atomic mass is 79.9. The minimum Gasteiger partial charge on any atom is -0.370 e. The fraction of sp³-hybridized carbons (Fsp3) is 0.400. The van der Waals surface area contributed by atoms with Gasteiger partial charge in [-0.25, -0.2) is 9.97 Å². The lowest BCUT2D eigenvalue weighted by Gasteiger charge is -2.17. The van der Waals surface area contributed by atoms with Crippen LogP contribution in [-0.4, -0.2) is 48.0 Å². The van der Waals surface area contributed by atoms with Crippen molar-refractivity contribution in [3.05, 3.63) is 40.6 Å². The summed E-state index contributed by atoms with van der Waals surface area (Å²) in [5.74, 6) is 1.66. The molecule has 1 aromatic heterocycles. The summed E-state index contributed by atoms with van der Waals surface area (Å²) in [6.07, 6.45) is 0.225. The number of nitrogens with one attached hydrogen (secondary N) is 3. The van der Waals surface area contributed by atoms with E-state index in [0.29, 0.717) is 31.3 Å². The van der Waals surface area contributed by atoms with E-state index in [1.165, 1.54) is 0 Å². The maximum absolute atomic E-state index is 12.5. The van der Waals surface area contributed by atoms with Crippen molar-refractivity contribution in [2.24, 2.45) is 5.92 Å². The molecular weight excluding hydrogens is 436 g/mol. The molecule has 0 spiro atoms. The molecule has 0 saturated carbocycles. The number of carbonyl (C=O) groups is 2. The summed E-state index contributed by atoms with van der Waals surface area (Å²) in [5.41, 5.74) is 0.803. The first kappa shape index (κ1) is 21.0. The number of hydrogen-bond donors (Lipinski definition) is 3. The summed E-state index contributed by atoms with van der Waals surface area (Å²) in [6.45, 7) is 5.99. The number of benzene rings is 1. The van der Waals surface area contributed by atoms with Gasteiger partial charge in [-0.05, 0) is 32.0 Å². The Morgan fingerprint density at radius 1 is 1.21 bits per heavy atom. The molecule has 0 bridgehead atoms. The Morgan fingerprint density at radius 2 is 1.97 bits per heavy atom. The van der Waals surface area contributed by atoms with E-state index < -0.39 is 0 Å². The number of carbonyl (C=O) groups excluding carboxylic acids is 2. The van der Waals surface area contributed by atoms with Crippen molar-refractivity contribution >= 4 is 45.1 Å². The predicted molar refractivity (Wildman–Crippen MR) is 117 cm³/mol. The molecule has 8 nitrogen and oxygen atoms in total. The van der Waals surface area contributed by atoms with E-state index in [2.05, 4.69) is 41.8 Å². The summed E-state index contributed by atoms with van der Waals surface area (Å²) in [7, 11) is 0. The first-order valence-corrected chi connectivity index (χ1v) is 10.4. The Morgan fingerprint density at radius 3 is 2.69 bits per heavy atom. The van der Waals surface area contributed by atoms with Gasteiger partial charge in [-0.3, -0.25) is 9.59 Å². The Hall–Kier alpha value is -2.68. The van der Waals surface area contributed by atoms with Gasteiger partial charge in [0.2, 0.25) is 11.8 Å². The van der Waals surface area contributed by atoms with Gasteiger partial charge in [0, 0.05) is 48.8 Å². The maximum Gasteiger partial charge on any atom is 0.227 e. The summed E-state index contributed by atoms with van der Waals surface area (Å²) < 4.78 is 0.902. The monoisotopic (exact) mass is 460 g/mol. The topological polar surface area (TPSA) is 99.2 Å². The number of nitrogens with zero attached hydrogens (tertiary/aromatic N) is 3. The average molecular weight is 461 g/mol. The molecule has 3 N–H and O–H groups in total. The third-order valence-corrected chi connectivity index (χ3v) is 5.04. The lowest BCUT2D eigenvalue weighted by molar-refractivity contribution is -0.126. The van der Waals surface area contributed by atoms with Crippen LogP contribution in [0, 0.1) is 12.8 Å². The zero-order valence-electron chi connectivity index (χ0n) is 16.5. The van der Waals surface area contributed by atoms with E-state index in [4.69, 9.17) is 0 Å². The van der Waals surface area contributed by atoms with E-state index in [-0.39, 0.29) is 24.2 Å². The van der Waals surface area contributed by atoms with Crippen molar-refractivity contribution in [1.82, 2.24) is 15.3 Å². The Kier molecular flexibility index (Phi) is 7.03. The standard InChI is InChI=1S/C20H25BrN6O2/c1-3-22-17-11-18(26-13(2)25-17)23-7-8-24-20(29)14-9-19(28)27(12-14)16-6-4-5-15(21)10-16/h4-6,10-11,14H,3,7-9,12H2,1-2H3,(H,24,29)(H2,22,23,25,26). The number of halogens is 1. The second-order valence-corrected chi connectivity index (χ2v) is 7.73. The molecular formula is C20H25BrN6O2. The van der Waals surface area contributed by atoms with Crippen LogP contribution in [0.4, 0.5) is 17.3 Å². The smallest absolute Gasteiger partial charge is 0.227 e. The second-order valence-electron chi connectivity index (χ2n) is 6.82. The summed E-state index contributed by atoms with van der Waals surface area (Å²) in [4.78, 5) is 35.1. The van der Waals surface area contributed by atoms with Gasteiger partial charge in [0.1, 0.15) is 17.5 Å². The fourth-order valence-corrected chi connectivity index (χ4v) is 3.61. The maximum atomic E-state index is 12.5. The second kappa shape index (κ2) is 9.69. The van der Waals surface area contributed by atoms with E-state index in [9.17, 15) is 9.59 Å². The molecule has 3 rings (SSSR count). The molecule has 1 unspecified atom stereocenters. The molecule has 0 radical (unpaired) electrons. The molecule has 1 atom stereocenters. The summed E-state index contributed by atoms with van der Waals surface area (Å²) in [6, 6.07) is 9.37. The van der Waals surface area contributed by atoms with E-state index in [1.54, 1.807) is 4.90 Å². The summed E-state index contributed by atoms with van der Waals surface area (Å²) >= 11 is 3.41. The molecule has 1 saturated heterocycles. The lowest BCUT2D eigenvalue weighted by Crippen LogP contribution is -2.35. The van der Waals surface area contributed by atoms with Crippen molar-refractivity contribution in [2.75, 3.05) is 41.7 Å². The van der Waals surface area contributed by atoms with Crippen LogP contribution in [0.15, 0.2) is 34.8 Å². The fourth-order valence-electron chi connectivity index (χ4n) is 3.23. The number of amides is 2. The van der Waals surface area contributed by atoms with Gasteiger partial charge in [0.25, 0.3) is 0 Å². The molecule has 2 aromatic rings. The number of rotatable bonds is 8. The van der Waals surface area contributed by atoms with Crippen LogP contribution in [0.1, 0.15) is 19.2 Å². The third-order valence-electron chi connectivity index (χ3n) is 4.54. The molecule has 1 aliphatic rings. The van der Waals surface area contributed by atoms with Crippen molar-refractivity contribution in [3.63, 3.8) is 0 Å². The molecule has 1 aromatic carbocycles. The quantitative estimate of drug-likeness (QED) is 0.523. The van der Waals surface area contributed by atoms with Crippen molar-refractivity contribution in [2.45, 2.75) is 20.3 Å². The van der Waals surface area contributed by atoms with Gasteiger partial charge in [0.15, 0.2) is 0 Å². The predicted octanol–water partition coefficient (Wildman–Crippen LogP) is 2.56. The number of anilines is 3. The number of aromatic nitrogens is 2. The van der Waals surface area contributed by atoms with E-state index >= 15 is 0 Å². The Balaban J connectivity index is 1.47. The Bertz CT molecular complexity index is 891. The van der Waals surface area contributed by atoms with Crippen LogP contribution in [0.2, 0.25) is 0 Å². The van der Waals surface area contributed by atoms with Crippen molar-refractivity contribution in [1.29, 1.82) is 0 Å². The highest BCUT2D eigenvalue weighted by molar-refractivity contribution is 9.10. The minimum absolute atomic E-state index is 0.0335. The van der Waals surface area contributed by atoms with Crippen molar-refractivity contribution < 1.29 is 9.59 Å². The first-order valence-electron chi connectivity index (χ1n) is 9.63. The van der Waals surface area contributed by atoms with Gasteiger partial charge in [-0.2, -0.15) is 0 Å². The number of aryl methyl sites for hydroxylation is 1. The SMILES string of the molecule is CCNc1cc(NCCNC(=O)C2CC(=O)N(c3cccc(Br)c3)C2)nc(C)n1. The zero-order chi connectivity index (χ0) is 20.8. The molecule has 2 heterocycles. The normalized spacial score (nSPS) is 16.0. The zero-order valence-corrected chi connectivity index (χ0v) is 18.1. The first-order chi connectivity index (χ1) is 14.0. The van der Waals surface area contributed by atoms with Gasteiger partial charge in [-0.15, -0.1) is 0 Å². The summed E-state index contributed by atoms with van der Waals surface area (Å²) in [5, 5.41) is 9.26. The van der Waals surface area contributed by atoms with Crippen LogP contribution in [-0.2, 0) is 9.59 Å². The molecule has 29 heavy (non-hydrogen) atoms. The lowest BCUT2D eigenvalue weighted by atomic mass is 10.1. The molecule has 9 heteroatoms. The van der Waals surface area contributed by atoms with Gasteiger partial charge >= 0.3 is 0 Å². The molecule has 1 aliphatic heterocycles. The van der Waals surface area contributed by atoms with Crippen LogP contribution >= 0.6 is 15.9 Å². The van der Waals surface area contributed by atoms with Crippen LogP contribution < -0.4 is 20.9 Å². The average Bonchev–Trinajstić information content (AvgIpc) is 3.07. The van der Waals surface area contributed by atoms with E-state index in [1.807, 2.05) is 44.2 Å². The van der Waals surface area contributed by atoms with E-state index in [0.717, 1.165) is 22.5 Å². The molecule has 2 amide bonds. The number of hydrogen-bond acceptors (Lipinski definition) is 6. The third kappa shape index (κ3) is 5.66. The van der Waals surface area contributed by atoms with Crippen LogP contribution in [0.25, 0.3) is 0 Å². The molecule has 154 valence electrons. The van der Waals surface area contributed by atoms with Gasteiger partial charge in [-0.1, -0.05) is 22.0 Å². The van der Waals surface area contributed by atoms with Crippen LogP contribution in [0.3, 0.4) is 0 Å². The minimum atomic E-state index is -0.344. The van der Waals surface area contributed by atoms with Gasteiger partial charge < -0.3 is 20.9 Å².